The Labute approximate surface area is 96.0 Å². The van der Waals surface area contributed by atoms with E-state index in [4.69, 9.17) is 9.47 Å². The molecule has 0 spiro atoms. The number of nitrogens with zero attached hydrogens (tertiary/aromatic N) is 3. The van der Waals surface area contributed by atoms with E-state index in [1.54, 1.807) is 20.5 Å². The summed E-state index contributed by atoms with van der Waals surface area (Å²) in [5, 5.41) is 7.37. The molecule has 0 aliphatic carbocycles. The van der Waals surface area contributed by atoms with E-state index in [0.29, 0.717) is 13.2 Å². The van der Waals surface area contributed by atoms with E-state index in [-0.39, 0.29) is 6.10 Å². The highest BCUT2D eigenvalue weighted by molar-refractivity contribution is 4.83. The van der Waals surface area contributed by atoms with Crippen LogP contribution in [0.1, 0.15) is 12.7 Å². The van der Waals surface area contributed by atoms with Gasteiger partial charge in [0.05, 0.1) is 19.3 Å². The number of aromatic nitrogens is 3. The van der Waals surface area contributed by atoms with Crippen LogP contribution in [0.4, 0.5) is 0 Å². The summed E-state index contributed by atoms with van der Waals surface area (Å²) in [6.45, 7) is 4.89. The maximum absolute atomic E-state index is 5.24. The van der Waals surface area contributed by atoms with Gasteiger partial charge in [-0.1, -0.05) is 0 Å². The Morgan fingerprint density at radius 2 is 2.31 bits per heavy atom. The highest BCUT2D eigenvalue weighted by Gasteiger charge is 2.07. The van der Waals surface area contributed by atoms with Gasteiger partial charge in [-0.2, -0.15) is 5.10 Å². The average Bonchev–Trinajstić information content (AvgIpc) is 2.75. The number of nitrogens with one attached hydrogen (secondary N) is 1. The lowest BCUT2D eigenvalue weighted by molar-refractivity contribution is 0.0286. The van der Waals surface area contributed by atoms with Crippen molar-refractivity contribution in [2.75, 3.05) is 27.4 Å². The minimum absolute atomic E-state index is 0.0722. The molecule has 0 fully saturated rings. The molecule has 1 unspecified atom stereocenters. The smallest absolute Gasteiger partial charge is 0.140 e. The van der Waals surface area contributed by atoms with Gasteiger partial charge in [-0.05, 0) is 6.92 Å². The van der Waals surface area contributed by atoms with Gasteiger partial charge in [0.1, 0.15) is 12.2 Å². The molecule has 0 radical (unpaired) electrons. The molecule has 0 saturated carbocycles. The summed E-state index contributed by atoms with van der Waals surface area (Å²) in [7, 11) is 3.35. The maximum atomic E-state index is 5.24. The quantitative estimate of drug-likeness (QED) is 0.681. The third-order valence-electron chi connectivity index (χ3n) is 2.34. The van der Waals surface area contributed by atoms with Crippen molar-refractivity contribution in [1.29, 1.82) is 0 Å². The van der Waals surface area contributed by atoms with Crippen molar-refractivity contribution in [1.82, 2.24) is 20.1 Å². The number of hydrogen-bond acceptors (Lipinski definition) is 5. The van der Waals surface area contributed by atoms with Crippen LogP contribution in [0.25, 0.3) is 0 Å². The highest BCUT2D eigenvalue weighted by Crippen LogP contribution is 1.94. The monoisotopic (exact) mass is 228 g/mol. The Bertz CT molecular complexity index is 290. The second-order valence-corrected chi connectivity index (χ2v) is 3.44. The molecule has 6 heteroatoms. The van der Waals surface area contributed by atoms with Crippen molar-refractivity contribution >= 4 is 0 Å². The lowest BCUT2D eigenvalue weighted by atomic mass is 10.3. The van der Waals surface area contributed by atoms with Gasteiger partial charge in [0.15, 0.2) is 0 Å². The van der Waals surface area contributed by atoms with Crippen LogP contribution in [-0.4, -0.2) is 48.2 Å². The zero-order valence-electron chi connectivity index (χ0n) is 10.1. The van der Waals surface area contributed by atoms with Crippen LogP contribution in [0.5, 0.6) is 0 Å². The predicted molar refractivity (Wildman–Crippen MR) is 60.1 cm³/mol. The Balaban J connectivity index is 2.29. The number of rotatable bonds is 8. The molecule has 0 saturated heterocycles. The molecule has 6 nitrogen and oxygen atoms in total. The Hall–Kier alpha value is -0.980. The molecule has 1 rings (SSSR count). The van der Waals surface area contributed by atoms with Crippen LogP contribution < -0.4 is 5.32 Å². The Morgan fingerprint density at radius 1 is 1.50 bits per heavy atom. The van der Waals surface area contributed by atoms with Crippen LogP contribution in [0, 0.1) is 0 Å². The summed E-state index contributed by atoms with van der Waals surface area (Å²) in [6, 6.07) is 0. The molecular weight excluding hydrogens is 208 g/mol. The second kappa shape index (κ2) is 7.32. The van der Waals surface area contributed by atoms with E-state index in [2.05, 4.69) is 15.4 Å². The lowest BCUT2D eigenvalue weighted by Gasteiger charge is -2.14. The summed E-state index contributed by atoms with van der Waals surface area (Å²) in [5.41, 5.74) is 0. The maximum Gasteiger partial charge on any atom is 0.140 e. The molecule has 0 aliphatic rings. The zero-order chi connectivity index (χ0) is 11.8. The Morgan fingerprint density at radius 3 is 2.94 bits per heavy atom. The van der Waals surface area contributed by atoms with Crippen molar-refractivity contribution < 1.29 is 9.47 Å². The van der Waals surface area contributed by atoms with E-state index in [1.807, 2.05) is 11.6 Å². The minimum atomic E-state index is 0.0722. The van der Waals surface area contributed by atoms with Gasteiger partial charge in [-0.25, -0.2) is 9.67 Å². The highest BCUT2D eigenvalue weighted by atomic mass is 16.5. The van der Waals surface area contributed by atoms with Gasteiger partial charge in [0, 0.05) is 27.3 Å². The summed E-state index contributed by atoms with van der Waals surface area (Å²) < 4.78 is 12.1. The first-order valence-electron chi connectivity index (χ1n) is 5.40. The standard InChI is InChI=1S/C10H20N4O2/c1-4-14-10(12-8-13-14)6-11-5-9(16-3)7-15-2/h8-9,11H,4-7H2,1-3H3. The lowest BCUT2D eigenvalue weighted by Crippen LogP contribution is -2.32. The van der Waals surface area contributed by atoms with Crippen LogP contribution in [0.15, 0.2) is 6.33 Å². The van der Waals surface area contributed by atoms with Crippen molar-refractivity contribution in [3.05, 3.63) is 12.2 Å². The molecule has 0 aliphatic heterocycles. The molecule has 1 aromatic rings. The van der Waals surface area contributed by atoms with Gasteiger partial charge in [-0.15, -0.1) is 0 Å². The van der Waals surface area contributed by atoms with Crippen LogP contribution in [0.3, 0.4) is 0 Å². The summed E-state index contributed by atoms with van der Waals surface area (Å²) in [6.07, 6.45) is 1.65. The van der Waals surface area contributed by atoms with Crippen LogP contribution in [-0.2, 0) is 22.6 Å². The summed E-state index contributed by atoms with van der Waals surface area (Å²) in [4.78, 5) is 4.17. The molecule has 0 aromatic carbocycles. The molecule has 92 valence electrons. The van der Waals surface area contributed by atoms with E-state index in [9.17, 15) is 0 Å². The molecule has 1 heterocycles. The van der Waals surface area contributed by atoms with Crippen molar-refractivity contribution in [3.63, 3.8) is 0 Å². The van der Waals surface area contributed by atoms with Gasteiger partial charge in [0.25, 0.3) is 0 Å². The summed E-state index contributed by atoms with van der Waals surface area (Å²) >= 11 is 0. The van der Waals surface area contributed by atoms with Gasteiger partial charge in [-0.3, -0.25) is 0 Å². The molecular formula is C10H20N4O2. The number of ether oxygens (including phenoxy) is 2. The topological polar surface area (TPSA) is 61.2 Å². The Kier molecular flexibility index (Phi) is 5.99. The fourth-order valence-electron chi connectivity index (χ4n) is 1.43. The average molecular weight is 228 g/mol. The fraction of sp³-hybridized carbons (Fsp3) is 0.800. The first-order chi connectivity index (χ1) is 7.81. The number of methoxy groups -OCH3 is 2. The van der Waals surface area contributed by atoms with Crippen LogP contribution in [0.2, 0.25) is 0 Å². The SMILES string of the molecule is CCn1ncnc1CNCC(COC)OC. The molecule has 16 heavy (non-hydrogen) atoms. The minimum Gasteiger partial charge on any atom is -0.382 e. The molecule has 1 N–H and O–H groups in total. The third kappa shape index (κ3) is 3.88. The number of aryl methyl sites for hydroxylation is 1. The first kappa shape index (κ1) is 13.1. The van der Waals surface area contributed by atoms with Gasteiger partial charge >= 0.3 is 0 Å². The molecule has 0 bridgehead atoms. The van der Waals surface area contributed by atoms with Crippen molar-refractivity contribution in [3.8, 4) is 0 Å². The number of hydrogen-bond donors (Lipinski definition) is 1. The molecule has 1 atom stereocenters. The summed E-state index contributed by atoms with van der Waals surface area (Å²) in [5.74, 6) is 0.940. The molecule has 1 aromatic heterocycles. The van der Waals surface area contributed by atoms with Gasteiger partial charge in [0.2, 0.25) is 0 Å². The van der Waals surface area contributed by atoms with Gasteiger partial charge < -0.3 is 14.8 Å². The third-order valence-corrected chi connectivity index (χ3v) is 2.34. The largest absolute Gasteiger partial charge is 0.382 e. The van der Waals surface area contributed by atoms with E-state index in [0.717, 1.165) is 18.9 Å². The van der Waals surface area contributed by atoms with Crippen molar-refractivity contribution in [2.45, 2.75) is 26.1 Å². The molecule has 0 amide bonds. The van der Waals surface area contributed by atoms with Crippen LogP contribution >= 0.6 is 0 Å². The predicted octanol–water partition coefficient (Wildman–Crippen LogP) is 0.0490. The van der Waals surface area contributed by atoms with Crippen molar-refractivity contribution in [2.24, 2.45) is 0 Å². The fourth-order valence-corrected chi connectivity index (χ4v) is 1.43. The van der Waals surface area contributed by atoms with E-state index in [1.165, 1.54) is 0 Å². The van der Waals surface area contributed by atoms with E-state index < -0.39 is 0 Å². The first-order valence-corrected chi connectivity index (χ1v) is 5.40. The second-order valence-electron chi connectivity index (χ2n) is 3.44. The zero-order valence-corrected chi connectivity index (χ0v) is 10.1. The normalized spacial score (nSPS) is 12.9. The van der Waals surface area contributed by atoms with E-state index >= 15 is 0 Å².